The molecule has 0 aliphatic rings. The molecule has 2 aromatic rings. The summed E-state index contributed by atoms with van der Waals surface area (Å²) >= 11 is 0. The van der Waals surface area contributed by atoms with Crippen molar-refractivity contribution in [1.82, 2.24) is 10.3 Å². The molecule has 3 nitrogen and oxygen atoms in total. The molecule has 102 valence electrons. The lowest BCUT2D eigenvalue weighted by atomic mass is 9.81. The van der Waals surface area contributed by atoms with Crippen molar-refractivity contribution in [3.8, 4) is 0 Å². The van der Waals surface area contributed by atoms with Crippen LogP contribution in [0.25, 0.3) is 10.9 Å². The van der Waals surface area contributed by atoms with E-state index in [1.165, 1.54) is 0 Å². The van der Waals surface area contributed by atoms with Crippen LogP contribution >= 0.6 is 0 Å². The Bertz CT molecular complexity index is 596. The number of amides is 1. The Balaban J connectivity index is 2.47. The molecular formula is C16H22N2O. The molecule has 1 aromatic heterocycles. The number of para-hydroxylation sites is 1. The highest BCUT2D eigenvalue weighted by molar-refractivity contribution is 5.95. The molecule has 3 heteroatoms. The summed E-state index contributed by atoms with van der Waals surface area (Å²) in [5.74, 6) is 0.0854. The highest BCUT2D eigenvalue weighted by Crippen LogP contribution is 2.33. The minimum absolute atomic E-state index is 0.0854. The van der Waals surface area contributed by atoms with Crippen LogP contribution in [0.4, 0.5) is 0 Å². The number of aromatic amines is 1. The van der Waals surface area contributed by atoms with Gasteiger partial charge in [0, 0.05) is 23.1 Å². The number of carbonyl (C=O) groups excluding carboxylic acids is 1. The molecule has 0 aliphatic carbocycles. The topological polar surface area (TPSA) is 44.9 Å². The summed E-state index contributed by atoms with van der Waals surface area (Å²) in [5.41, 5.74) is 2.72. The molecule has 0 atom stereocenters. The van der Waals surface area contributed by atoms with E-state index >= 15 is 0 Å². The first-order valence-corrected chi connectivity index (χ1v) is 6.84. The van der Waals surface area contributed by atoms with Gasteiger partial charge in [0.25, 0.3) is 0 Å². The maximum absolute atomic E-state index is 12.4. The SMILES string of the molecule is CCCNC(=O)C(C)(C)c1c(C)[nH]c2ccccc12. The standard InChI is InChI=1S/C16H22N2O/c1-5-10-17-15(19)16(3,4)14-11(2)18-13-9-7-6-8-12(13)14/h6-9,18H,5,10H2,1-4H3,(H,17,19). The van der Waals surface area contributed by atoms with Gasteiger partial charge in [0.2, 0.25) is 5.91 Å². The van der Waals surface area contributed by atoms with Gasteiger partial charge in [-0.1, -0.05) is 25.1 Å². The fraction of sp³-hybridized carbons (Fsp3) is 0.438. The molecular weight excluding hydrogens is 236 g/mol. The Morgan fingerprint density at radius 3 is 2.68 bits per heavy atom. The number of benzene rings is 1. The summed E-state index contributed by atoms with van der Waals surface area (Å²) in [4.78, 5) is 15.8. The molecule has 1 amide bonds. The van der Waals surface area contributed by atoms with Gasteiger partial charge in [-0.3, -0.25) is 4.79 Å². The second-order valence-corrected chi connectivity index (χ2v) is 5.55. The predicted molar refractivity (Wildman–Crippen MR) is 79.4 cm³/mol. The quantitative estimate of drug-likeness (QED) is 0.868. The van der Waals surface area contributed by atoms with Crippen molar-refractivity contribution in [2.24, 2.45) is 0 Å². The average Bonchev–Trinajstić information content (AvgIpc) is 2.72. The number of H-pyrrole nitrogens is 1. The lowest BCUT2D eigenvalue weighted by molar-refractivity contribution is -0.125. The number of hydrogen-bond donors (Lipinski definition) is 2. The lowest BCUT2D eigenvalue weighted by Crippen LogP contribution is -2.40. The number of aromatic nitrogens is 1. The third kappa shape index (κ3) is 2.37. The van der Waals surface area contributed by atoms with Crippen molar-refractivity contribution in [3.63, 3.8) is 0 Å². The fourth-order valence-corrected chi connectivity index (χ4v) is 2.66. The summed E-state index contributed by atoms with van der Waals surface area (Å²) < 4.78 is 0. The van der Waals surface area contributed by atoms with Gasteiger partial charge in [-0.05, 0) is 38.8 Å². The highest BCUT2D eigenvalue weighted by Gasteiger charge is 2.33. The Hall–Kier alpha value is -1.77. The van der Waals surface area contributed by atoms with Crippen LogP contribution in [0, 0.1) is 6.92 Å². The van der Waals surface area contributed by atoms with E-state index in [0.717, 1.165) is 35.1 Å². The molecule has 2 rings (SSSR count). The van der Waals surface area contributed by atoms with Crippen LogP contribution in [-0.4, -0.2) is 17.4 Å². The summed E-state index contributed by atoms with van der Waals surface area (Å²) in [6.07, 6.45) is 0.953. The van der Waals surface area contributed by atoms with Crippen LogP contribution in [-0.2, 0) is 10.2 Å². The summed E-state index contributed by atoms with van der Waals surface area (Å²) in [7, 11) is 0. The molecule has 19 heavy (non-hydrogen) atoms. The predicted octanol–water partition coefficient (Wildman–Crippen LogP) is 3.28. The molecule has 2 N–H and O–H groups in total. The van der Waals surface area contributed by atoms with Gasteiger partial charge in [-0.25, -0.2) is 0 Å². The van der Waals surface area contributed by atoms with Crippen LogP contribution in [0.5, 0.6) is 0 Å². The first-order chi connectivity index (χ1) is 8.98. The summed E-state index contributed by atoms with van der Waals surface area (Å²) in [6.45, 7) is 8.79. The normalized spacial score (nSPS) is 11.8. The fourth-order valence-electron chi connectivity index (χ4n) is 2.66. The molecule has 0 fully saturated rings. The molecule has 1 heterocycles. The Labute approximate surface area is 114 Å². The molecule has 0 saturated heterocycles. The molecule has 0 unspecified atom stereocenters. The Morgan fingerprint density at radius 1 is 1.32 bits per heavy atom. The van der Waals surface area contributed by atoms with E-state index in [9.17, 15) is 4.79 Å². The Kier molecular flexibility index (Phi) is 3.65. The Morgan fingerprint density at radius 2 is 2.00 bits per heavy atom. The maximum Gasteiger partial charge on any atom is 0.230 e. The van der Waals surface area contributed by atoms with Gasteiger partial charge in [-0.15, -0.1) is 0 Å². The van der Waals surface area contributed by atoms with Crippen LogP contribution in [0.1, 0.15) is 38.4 Å². The van der Waals surface area contributed by atoms with Crippen molar-refractivity contribution < 1.29 is 4.79 Å². The van der Waals surface area contributed by atoms with Crippen LogP contribution in [0.2, 0.25) is 0 Å². The number of nitrogens with one attached hydrogen (secondary N) is 2. The summed E-state index contributed by atoms with van der Waals surface area (Å²) in [5, 5.41) is 4.14. The minimum Gasteiger partial charge on any atom is -0.358 e. The van der Waals surface area contributed by atoms with Gasteiger partial charge in [0.1, 0.15) is 0 Å². The second kappa shape index (κ2) is 5.08. The number of hydrogen-bond acceptors (Lipinski definition) is 1. The van der Waals surface area contributed by atoms with E-state index in [1.807, 2.05) is 39.0 Å². The smallest absolute Gasteiger partial charge is 0.230 e. The third-order valence-electron chi connectivity index (χ3n) is 3.62. The molecule has 0 aliphatic heterocycles. The number of fused-ring (bicyclic) bond motifs is 1. The van der Waals surface area contributed by atoms with E-state index < -0.39 is 5.41 Å². The lowest BCUT2D eigenvalue weighted by Gasteiger charge is -2.24. The molecule has 0 bridgehead atoms. The first-order valence-electron chi connectivity index (χ1n) is 6.84. The van der Waals surface area contributed by atoms with Gasteiger partial charge < -0.3 is 10.3 Å². The van der Waals surface area contributed by atoms with Crippen molar-refractivity contribution in [2.45, 2.75) is 39.5 Å². The zero-order valence-electron chi connectivity index (χ0n) is 12.1. The molecule has 0 saturated carbocycles. The second-order valence-electron chi connectivity index (χ2n) is 5.55. The van der Waals surface area contributed by atoms with Crippen LogP contribution in [0.3, 0.4) is 0 Å². The average molecular weight is 258 g/mol. The maximum atomic E-state index is 12.4. The van der Waals surface area contributed by atoms with Gasteiger partial charge in [-0.2, -0.15) is 0 Å². The first kappa shape index (κ1) is 13.7. The largest absolute Gasteiger partial charge is 0.358 e. The van der Waals surface area contributed by atoms with Crippen molar-refractivity contribution in [1.29, 1.82) is 0 Å². The number of rotatable bonds is 4. The number of carbonyl (C=O) groups is 1. The van der Waals surface area contributed by atoms with E-state index in [4.69, 9.17) is 0 Å². The van der Waals surface area contributed by atoms with Gasteiger partial charge >= 0.3 is 0 Å². The molecule has 0 radical (unpaired) electrons. The van der Waals surface area contributed by atoms with E-state index in [0.29, 0.717) is 0 Å². The molecule has 0 spiro atoms. The monoisotopic (exact) mass is 258 g/mol. The van der Waals surface area contributed by atoms with Crippen molar-refractivity contribution in [2.75, 3.05) is 6.54 Å². The van der Waals surface area contributed by atoms with Gasteiger partial charge in [0.15, 0.2) is 0 Å². The highest BCUT2D eigenvalue weighted by atomic mass is 16.2. The zero-order valence-corrected chi connectivity index (χ0v) is 12.1. The van der Waals surface area contributed by atoms with Crippen molar-refractivity contribution >= 4 is 16.8 Å². The van der Waals surface area contributed by atoms with E-state index in [1.54, 1.807) is 0 Å². The van der Waals surface area contributed by atoms with Gasteiger partial charge in [0.05, 0.1) is 5.41 Å². The van der Waals surface area contributed by atoms with Crippen LogP contribution < -0.4 is 5.32 Å². The van der Waals surface area contributed by atoms with E-state index in [2.05, 4.69) is 23.3 Å². The summed E-state index contributed by atoms with van der Waals surface area (Å²) in [6, 6.07) is 8.14. The third-order valence-corrected chi connectivity index (χ3v) is 3.62. The molecule has 1 aromatic carbocycles. The number of aryl methyl sites for hydroxylation is 1. The minimum atomic E-state index is -0.529. The zero-order chi connectivity index (χ0) is 14.0. The van der Waals surface area contributed by atoms with Crippen LogP contribution in [0.15, 0.2) is 24.3 Å². The van der Waals surface area contributed by atoms with Crippen molar-refractivity contribution in [3.05, 3.63) is 35.5 Å². The van der Waals surface area contributed by atoms with E-state index in [-0.39, 0.29) is 5.91 Å².